The van der Waals surface area contributed by atoms with Crippen LogP contribution in [0.15, 0.2) is 47.7 Å². The molecule has 3 rings (SSSR count). The van der Waals surface area contributed by atoms with Gasteiger partial charge in [-0.2, -0.15) is 5.10 Å². The van der Waals surface area contributed by atoms with Crippen LogP contribution in [0.25, 0.3) is 16.8 Å². The third kappa shape index (κ3) is 3.08. The highest BCUT2D eigenvalue weighted by atomic mass is 35.5. The van der Waals surface area contributed by atoms with E-state index in [0.29, 0.717) is 11.6 Å². The van der Waals surface area contributed by atoms with Gasteiger partial charge in [0, 0.05) is 36.6 Å². The molecule has 0 fully saturated rings. The molecule has 1 aromatic carbocycles. The van der Waals surface area contributed by atoms with Gasteiger partial charge in [0.1, 0.15) is 5.75 Å². The minimum absolute atomic E-state index is 0.181. The van der Waals surface area contributed by atoms with Gasteiger partial charge >= 0.3 is 0 Å². The molecule has 0 spiro atoms. The van der Waals surface area contributed by atoms with Gasteiger partial charge in [-0.15, -0.1) is 0 Å². The molecule has 0 radical (unpaired) electrons. The Hall–Kier alpha value is -2.53. The van der Waals surface area contributed by atoms with E-state index in [0.717, 1.165) is 28.1 Å². The van der Waals surface area contributed by atoms with Crippen molar-refractivity contribution in [2.45, 2.75) is 13.8 Å². The zero-order valence-corrected chi connectivity index (χ0v) is 14.5. The molecule has 0 N–H and O–H groups in total. The average Bonchev–Trinajstić information content (AvgIpc) is 2.95. The van der Waals surface area contributed by atoms with Crippen LogP contribution in [0.4, 0.5) is 0 Å². The van der Waals surface area contributed by atoms with Crippen molar-refractivity contribution in [1.82, 2.24) is 14.3 Å². The van der Waals surface area contributed by atoms with E-state index in [2.05, 4.69) is 5.10 Å². The first-order chi connectivity index (χ1) is 11.5. The van der Waals surface area contributed by atoms with Gasteiger partial charge in [-0.05, 0) is 37.6 Å². The Morgan fingerprint density at radius 2 is 2.04 bits per heavy atom. The van der Waals surface area contributed by atoms with Gasteiger partial charge in [0.25, 0.3) is 5.56 Å². The highest BCUT2D eigenvalue weighted by Gasteiger charge is 2.12. The molecule has 24 heavy (non-hydrogen) atoms. The maximum Gasteiger partial charge on any atom is 0.256 e. The zero-order valence-electron chi connectivity index (χ0n) is 13.8. The van der Waals surface area contributed by atoms with E-state index in [-0.39, 0.29) is 5.56 Å². The normalized spacial score (nSPS) is 10.8. The van der Waals surface area contributed by atoms with Crippen molar-refractivity contribution in [2.24, 2.45) is 7.05 Å². The van der Waals surface area contributed by atoms with Gasteiger partial charge in [-0.3, -0.25) is 14.0 Å². The molecule has 0 unspecified atom stereocenters. The van der Waals surface area contributed by atoms with Crippen LogP contribution in [0.3, 0.4) is 0 Å². The van der Waals surface area contributed by atoms with Crippen LogP contribution in [0.2, 0.25) is 5.02 Å². The number of hydrogen-bond donors (Lipinski definition) is 0. The molecule has 124 valence electrons. The number of ether oxygens (including phenoxy) is 1. The summed E-state index contributed by atoms with van der Waals surface area (Å²) in [5.74, 6) is 0.785. The maximum atomic E-state index is 12.4. The van der Waals surface area contributed by atoms with Crippen molar-refractivity contribution in [3.8, 4) is 22.6 Å². The van der Waals surface area contributed by atoms with Crippen molar-refractivity contribution in [3.05, 3.63) is 63.8 Å². The lowest BCUT2D eigenvalue weighted by molar-refractivity contribution is 0.340. The molecule has 2 aromatic heterocycles. The fourth-order valence-electron chi connectivity index (χ4n) is 2.63. The Morgan fingerprint density at radius 3 is 2.67 bits per heavy atom. The van der Waals surface area contributed by atoms with Crippen LogP contribution in [0.1, 0.15) is 12.5 Å². The summed E-state index contributed by atoms with van der Waals surface area (Å²) in [7, 11) is 1.84. The fourth-order valence-corrected chi connectivity index (χ4v) is 2.88. The monoisotopic (exact) mass is 343 g/mol. The van der Waals surface area contributed by atoms with Crippen molar-refractivity contribution < 1.29 is 4.74 Å². The summed E-state index contributed by atoms with van der Waals surface area (Å²) in [6.07, 6.45) is 5.34. The number of halogens is 1. The Balaban J connectivity index is 2.13. The Labute approximate surface area is 145 Å². The standard InChI is InChI=1S/C18H18ClN3O2/c1-4-24-14-5-6-17(12(2)7-14)22-11-15(16(19)8-18(22)23)13-9-20-21(3)10-13/h5-11H,4H2,1-3H3. The first-order valence-electron chi connectivity index (χ1n) is 7.64. The molecule has 6 heteroatoms. The Bertz CT molecular complexity index is 944. The molecule has 0 aliphatic rings. The van der Waals surface area contributed by atoms with E-state index in [1.54, 1.807) is 21.6 Å². The van der Waals surface area contributed by atoms with Crippen molar-refractivity contribution in [1.29, 1.82) is 0 Å². The van der Waals surface area contributed by atoms with Crippen molar-refractivity contribution >= 4 is 11.6 Å². The van der Waals surface area contributed by atoms with Crippen LogP contribution >= 0.6 is 11.6 Å². The predicted molar refractivity (Wildman–Crippen MR) is 95.2 cm³/mol. The lowest BCUT2D eigenvalue weighted by Gasteiger charge is -2.13. The molecule has 3 aromatic rings. The van der Waals surface area contributed by atoms with Gasteiger partial charge in [0.15, 0.2) is 0 Å². The third-order valence-electron chi connectivity index (χ3n) is 3.76. The quantitative estimate of drug-likeness (QED) is 0.727. The topological polar surface area (TPSA) is 49.0 Å². The summed E-state index contributed by atoms with van der Waals surface area (Å²) >= 11 is 6.27. The minimum atomic E-state index is -0.181. The molecule has 5 nitrogen and oxygen atoms in total. The molecule has 0 bridgehead atoms. The number of hydrogen-bond acceptors (Lipinski definition) is 3. The van der Waals surface area contributed by atoms with Crippen LogP contribution in [0, 0.1) is 6.92 Å². The summed E-state index contributed by atoms with van der Waals surface area (Å²) < 4.78 is 8.80. The summed E-state index contributed by atoms with van der Waals surface area (Å²) in [6.45, 7) is 4.49. The van der Waals surface area contributed by atoms with E-state index in [1.165, 1.54) is 6.07 Å². The van der Waals surface area contributed by atoms with E-state index in [1.807, 2.05) is 45.3 Å². The summed E-state index contributed by atoms with van der Waals surface area (Å²) in [5, 5.41) is 4.57. The number of aryl methyl sites for hydroxylation is 2. The van der Waals surface area contributed by atoms with Crippen molar-refractivity contribution in [3.63, 3.8) is 0 Å². The molecule has 0 saturated carbocycles. The molecule has 0 aliphatic heterocycles. The van der Waals surface area contributed by atoms with Gasteiger partial charge in [0.2, 0.25) is 0 Å². The fraction of sp³-hybridized carbons (Fsp3) is 0.222. The van der Waals surface area contributed by atoms with Gasteiger partial charge in [-0.1, -0.05) is 11.6 Å². The number of benzene rings is 1. The lowest BCUT2D eigenvalue weighted by Crippen LogP contribution is -2.18. The van der Waals surface area contributed by atoms with Gasteiger partial charge < -0.3 is 4.74 Å². The SMILES string of the molecule is CCOc1ccc(-n2cc(-c3cnn(C)c3)c(Cl)cc2=O)c(C)c1. The highest BCUT2D eigenvalue weighted by molar-refractivity contribution is 6.33. The number of aromatic nitrogens is 3. The second-order valence-electron chi connectivity index (χ2n) is 5.53. The lowest BCUT2D eigenvalue weighted by atomic mass is 10.1. The Morgan fingerprint density at radius 1 is 1.25 bits per heavy atom. The number of rotatable bonds is 4. The molecular weight excluding hydrogens is 326 g/mol. The summed E-state index contributed by atoms with van der Waals surface area (Å²) in [5.41, 5.74) is 3.19. The summed E-state index contributed by atoms with van der Waals surface area (Å²) in [6, 6.07) is 7.09. The smallest absolute Gasteiger partial charge is 0.256 e. The maximum absolute atomic E-state index is 12.4. The highest BCUT2D eigenvalue weighted by Crippen LogP contribution is 2.27. The molecule has 2 heterocycles. The van der Waals surface area contributed by atoms with E-state index in [4.69, 9.17) is 16.3 Å². The van der Waals surface area contributed by atoms with Gasteiger partial charge in [0.05, 0.1) is 23.5 Å². The van der Waals surface area contributed by atoms with Crippen LogP contribution in [-0.4, -0.2) is 21.0 Å². The predicted octanol–water partition coefficient (Wildman–Crippen LogP) is 3.60. The van der Waals surface area contributed by atoms with E-state index < -0.39 is 0 Å². The van der Waals surface area contributed by atoms with E-state index >= 15 is 0 Å². The molecule has 0 atom stereocenters. The number of nitrogens with zero attached hydrogens (tertiary/aromatic N) is 3. The average molecular weight is 344 g/mol. The first-order valence-corrected chi connectivity index (χ1v) is 8.02. The van der Waals surface area contributed by atoms with Crippen molar-refractivity contribution in [2.75, 3.05) is 6.61 Å². The largest absolute Gasteiger partial charge is 0.494 e. The zero-order chi connectivity index (χ0) is 17.3. The van der Waals surface area contributed by atoms with Crippen LogP contribution in [-0.2, 0) is 7.05 Å². The second-order valence-corrected chi connectivity index (χ2v) is 5.93. The third-order valence-corrected chi connectivity index (χ3v) is 4.07. The summed E-state index contributed by atoms with van der Waals surface area (Å²) in [4.78, 5) is 12.4. The number of pyridine rings is 1. The first kappa shape index (κ1) is 16.3. The molecule has 0 amide bonds. The second kappa shape index (κ2) is 6.53. The van der Waals surface area contributed by atoms with E-state index in [9.17, 15) is 4.79 Å². The van der Waals surface area contributed by atoms with Gasteiger partial charge in [-0.25, -0.2) is 0 Å². The molecular formula is C18H18ClN3O2. The van der Waals surface area contributed by atoms with Crippen LogP contribution < -0.4 is 10.3 Å². The van der Waals surface area contributed by atoms with Crippen LogP contribution in [0.5, 0.6) is 5.75 Å². The molecule has 0 aliphatic carbocycles. The molecule has 0 saturated heterocycles. The Kier molecular flexibility index (Phi) is 4.44. The minimum Gasteiger partial charge on any atom is -0.494 e.